The molecule has 4 saturated carbocycles. The van der Waals surface area contributed by atoms with Crippen LogP contribution in [-0.4, -0.2) is 4.87 Å². The van der Waals surface area contributed by atoms with Crippen LogP contribution in [0.2, 0.25) is 0 Å². The van der Waals surface area contributed by atoms with Gasteiger partial charge in [-0.15, -0.1) is 11.6 Å². The summed E-state index contributed by atoms with van der Waals surface area (Å²) in [5.41, 5.74) is 0. The molecule has 4 fully saturated rings. The highest BCUT2D eigenvalue weighted by Crippen LogP contribution is 2.55. The average Bonchev–Trinajstić information content (AvgIpc) is 2.14. The molecular weight excluding hydrogens is 168 g/mol. The van der Waals surface area contributed by atoms with Gasteiger partial charge in [0.15, 0.2) is 0 Å². The first-order valence-corrected chi connectivity index (χ1v) is 5.80. The zero-order valence-corrected chi connectivity index (χ0v) is 8.32. The van der Waals surface area contributed by atoms with Crippen molar-refractivity contribution in [1.82, 2.24) is 0 Å². The molecular formula is C11H17Cl. The monoisotopic (exact) mass is 184 g/mol. The number of hydrogen-bond acceptors (Lipinski definition) is 0. The third kappa shape index (κ3) is 1.11. The molecule has 12 heavy (non-hydrogen) atoms. The second kappa shape index (κ2) is 2.41. The lowest BCUT2D eigenvalue weighted by Gasteiger charge is -2.44. The minimum absolute atomic E-state index is 0.257. The third-order valence-electron chi connectivity index (χ3n) is 4.28. The van der Waals surface area contributed by atoms with E-state index in [1.54, 1.807) is 0 Å². The maximum absolute atomic E-state index is 6.64. The van der Waals surface area contributed by atoms with Gasteiger partial charge in [-0.1, -0.05) is 12.8 Å². The molecule has 0 radical (unpaired) electrons. The van der Waals surface area contributed by atoms with Gasteiger partial charge in [0.05, 0.1) is 0 Å². The van der Waals surface area contributed by atoms with Crippen LogP contribution in [0.3, 0.4) is 0 Å². The summed E-state index contributed by atoms with van der Waals surface area (Å²) < 4.78 is 0. The van der Waals surface area contributed by atoms with E-state index >= 15 is 0 Å². The number of hydrogen-bond donors (Lipinski definition) is 0. The van der Waals surface area contributed by atoms with Crippen LogP contribution in [-0.2, 0) is 0 Å². The van der Waals surface area contributed by atoms with E-state index in [4.69, 9.17) is 11.6 Å². The maximum atomic E-state index is 6.64. The normalized spacial score (nSPS) is 57.2. The van der Waals surface area contributed by atoms with Crippen molar-refractivity contribution in [3.8, 4) is 0 Å². The minimum atomic E-state index is 0.257. The van der Waals surface area contributed by atoms with E-state index in [9.17, 15) is 0 Å². The SMILES string of the molecule is ClC12CC3CCC(CC(C3)C1)C2. The molecule has 68 valence electrons. The fourth-order valence-corrected chi connectivity index (χ4v) is 4.74. The highest BCUT2D eigenvalue weighted by molar-refractivity contribution is 6.24. The van der Waals surface area contributed by atoms with Gasteiger partial charge in [-0.25, -0.2) is 0 Å². The molecule has 0 saturated heterocycles. The summed E-state index contributed by atoms with van der Waals surface area (Å²) in [5.74, 6) is 2.99. The van der Waals surface area contributed by atoms with Crippen LogP contribution in [0.1, 0.15) is 44.9 Å². The zero-order valence-electron chi connectivity index (χ0n) is 7.56. The molecule has 4 rings (SSSR count). The Hall–Kier alpha value is 0.290. The van der Waals surface area contributed by atoms with Gasteiger partial charge in [0.2, 0.25) is 0 Å². The largest absolute Gasteiger partial charge is 0.119 e. The standard InChI is InChI=1S/C11H17Cl/c12-11-5-8-1-2-9(6-11)4-10(3-8)7-11/h8-10H,1-7H2. The van der Waals surface area contributed by atoms with Crippen molar-refractivity contribution in [1.29, 1.82) is 0 Å². The molecule has 0 aliphatic heterocycles. The van der Waals surface area contributed by atoms with Gasteiger partial charge in [-0.05, 0) is 49.9 Å². The molecule has 0 amide bonds. The van der Waals surface area contributed by atoms with Gasteiger partial charge in [0, 0.05) is 4.87 Å². The molecule has 0 heterocycles. The predicted molar refractivity (Wildman–Crippen MR) is 51.4 cm³/mol. The van der Waals surface area contributed by atoms with Crippen LogP contribution in [0.25, 0.3) is 0 Å². The summed E-state index contributed by atoms with van der Waals surface area (Å²) in [5, 5.41) is 0. The minimum Gasteiger partial charge on any atom is -0.119 e. The topological polar surface area (TPSA) is 0 Å². The maximum Gasteiger partial charge on any atom is 0.0454 e. The Morgan fingerprint density at radius 3 is 1.83 bits per heavy atom. The molecule has 0 N–H and O–H groups in total. The summed E-state index contributed by atoms with van der Waals surface area (Å²) in [6.45, 7) is 0. The molecule has 2 unspecified atom stereocenters. The van der Waals surface area contributed by atoms with Gasteiger partial charge in [0.1, 0.15) is 0 Å². The van der Waals surface area contributed by atoms with Crippen molar-refractivity contribution in [3.05, 3.63) is 0 Å². The van der Waals surface area contributed by atoms with E-state index in [1.807, 2.05) is 0 Å². The van der Waals surface area contributed by atoms with Gasteiger partial charge in [0.25, 0.3) is 0 Å². The Morgan fingerprint density at radius 2 is 1.33 bits per heavy atom. The van der Waals surface area contributed by atoms with Crippen molar-refractivity contribution in [2.75, 3.05) is 0 Å². The van der Waals surface area contributed by atoms with Crippen LogP contribution in [0.15, 0.2) is 0 Å². The summed E-state index contributed by atoms with van der Waals surface area (Å²) in [6, 6.07) is 0. The molecule has 1 heteroatoms. The van der Waals surface area contributed by atoms with Crippen molar-refractivity contribution in [3.63, 3.8) is 0 Å². The van der Waals surface area contributed by atoms with Crippen LogP contribution >= 0.6 is 11.6 Å². The number of fused-ring (bicyclic) bond motifs is 1. The number of rotatable bonds is 0. The summed E-state index contributed by atoms with van der Waals surface area (Å²) >= 11 is 6.64. The Kier molecular flexibility index (Phi) is 1.54. The van der Waals surface area contributed by atoms with E-state index < -0.39 is 0 Å². The average molecular weight is 185 g/mol. The smallest absolute Gasteiger partial charge is 0.0454 e. The molecule has 2 atom stereocenters. The van der Waals surface area contributed by atoms with E-state index in [-0.39, 0.29) is 4.87 Å². The Morgan fingerprint density at radius 1 is 0.833 bits per heavy atom. The highest BCUT2D eigenvalue weighted by Gasteiger charge is 2.47. The quantitative estimate of drug-likeness (QED) is 0.505. The third-order valence-corrected chi connectivity index (χ3v) is 4.74. The molecule has 0 aromatic rings. The van der Waals surface area contributed by atoms with Crippen molar-refractivity contribution in [2.24, 2.45) is 17.8 Å². The summed E-state index contributed by atoms with van der Waals surface area (Å²) in [7, 11) is 0. The Bertz CT molecular complexity index is 183. The van der Waals surface area contributed by atoms with Crippen molar-refractivity contribution < 1.29 is 0 Å². The lowest BCUT2D eigenvalue weighted by atomic mass is 9.67. The van der Waals surface area contributed by atoms with Crippen LogP contribution in [0.4, 0.5) is 0 Å². The molecule has 4 bridgehead atoms. The van der Waals surface area contributed by atoms with Gasteiger partial charge >= 0.3 is 0 Å². The Labute approximate surface area is 79.7 Å². The van der Waals surface area contributed by atoms with Crippen LogP contribution in [0, 0.1) is 17.8 Å². The van der Waals surface area contributed by atoms with Gasteiger partial charge in [-0.3, -0.25) is 0 Å². The Balaban J connectivity index is 1.95. The lowest BCUT2D eigenvalue weighted by molar-refractivity contribution is 0.153. The number of alkyl halides is 1. The van der Waals surface area contributed by atoms with E-state index in [0.717, 1.165) is 17.8 Å². The fourth-order valence-electron chi connectivity index (χ4n) is 4.09. The van der Waals surface area contributed by atoms with E-state index in [0.29, 0.717) is 0 Å². The molecule has 0 nitrogen and oxygen atoms in total. The lowest BCUT2D eigenvalue weighted by Crippen LogP contribution is -2.38. The number of halogens is 1. The predicted octanol–water partition coefficient (Wildman–Crippen LogP) is 3.58. The van der Waals surface area contributed by atoms with Crippen molar-refractivity contribution >= 4 is 11.6 Å². The molecule has 0 spiro atoms. The fraction of sp³-hybridized carbons (Fsp3) is 1.00. The van der Waals surface area contributed by atoms with Gasteiger partial charge < -0.3 is 0 Å². The summed E-state index contributed by atoms with van der Waals surface area (Å²) in [6.07, 6.45) is 9.98. The van der Waals surface area contributed by atoms with E-state index in [2.05, 4.69) is 0 Å². The zero-order chi connectivity index (χ0) is 8.18. The molecule has 0 aromatic carbocycles. The summed E-state index contributed by atoms with van der Waals surface area (Å²) in [4.78, 5) is 0.257. The molecule has 0 aromatic heterocycles. The van der Waals surface area contributed by atoms with Crippen LogP contribution < -0.4 is 0 Å². The van der Waals surface area contributed by atoms with Crippen molar-refractivity contribution in [2.45, 2.75) is 49.8 Å². The van der Waals surface area contributed by atoms with E-state index in [1.165, 1.54) is 44.9 Å². The van der Waals surface area contributed by atoms with Crippen LogP contribution in [0.5, 0.6) is 0 Å². The molecule has 4 aliphatic rings. The van der Waals surface area contributed by atoms with Gasteiger partial charge in [-0.2, -0.15) is 0 Å². The molecule has 4 aliphatic carbocycles. The second-order valence-corrected chi connectivity index (χ2v) is 6.21. The highest BCUT2D eigenvalue weighted by atomic mass is 35.5. The first kappa shape index (κ1) is 7.67. The first-order chi connectivity index (χ1) is 5.73. The second-order valence-electron chi connectivity index (χ2n) is 5.41. The first-order valence-electron chi connectivity index (χ1n) is 5.42.